The average molecular weight is 284 g/mol. The van der Waals surface area contributed by atoms with Crippen LogP contribution in [0.1, 0.15) is 43.4 Å². The van der Waals surface area contributed by atoms with Gasteiger partial charge in [0, 0.05) is 31.1 Å². The lowest BCUT2D eigenvalue weighted by Gasteiger charge is -2.42. The van der Waals surface area contributed by atoms with E-state index < -0.39 is 0 Å². The number of aryl methyl sites for hydroxylation is 1. The second-order valence-corrected chi connectivity index (χ2v) is 6.28. The van der Waals surface area contributed by atoms with Crippen molar-refractivity contribution in [2.24, 2.45) is 12.8 Å². The summed E-state index contributed by atoms with van der Waals surface area (Å²) in [5.41, 5.74) is 9.16. The first-order valence-corrected chi connectivity index (χ1v) is 7.87. The summed E-state index contributed by atoms with van der Waals surface area (Å²) in [6.45, 7) is 0. The van der Waals surface area contributed by atoms with Crippen molar-refractivity contribution in [3.05, 3.63) is 47.8 Å². The molecule has 1 aliphatic carbocycles. The van der Waals surface area contributed by atoms with Crippen molar-refractivity contribution >= 4 is 0 Å². The lowest BCUT2D eigenvalue weighted by Crippen LogP contribution is -2.48. The Hall–Kier alpha value is -1.68. The van der Waals surface area contributed by atoms with Gasteiger partial charge in [-0.05, 0) is 18.4 Å². The van der Waals surface area contributed by atoms with E-state index in [1.807, 2.05) is 13.2 Å². The maximum Gasteiger partial charge on any atom is 0.0842 e. The Bertz CT molecular complexity index is 569. The van der Waals surface area contributed by atoms with Crippen molar-refractivity contribution in [1.29, 1.82) is 0 Å². The van der Waals surface area contributed by atoms with Gasteiger partial charge in [0.25, 0.3) is 0 Å². The Morgan fingerprint density at radius 1 is 1.19 bits per heavy atom. The van der Waals surface area contributed by atoms with Crippen LogP contribution < -0.4 is 5.73 Å². The minimum atomic E-state index is 0.0943. The van der Waals surface area contributed by atoms with Gasteiger partial charge in [0.15, 0.2) is 0 Å². The third-order valence-corrected chi connectivity index (χ3v) is 4.88. The van der Waals surface area contributed by atoms with Gasteiger partial charge in [0.05, 0.1) is 5.69 Å². The molecule has 2 N–H and O–H groups in total. The van der Waals surface area contributed by atoms with E-state index in [1.165, 1.54) is 37.7 Å². The van der Waals surface area contributed by atoms with Crippen molar-refractivity contribution in [2.75, 3.05) is 0 Å². The van der Waals surface area contributed by atoms with Crippen LogP contribution in [0, 0.1) is 0 Å². The first kappa shape index (κ1) is 14.3. The monoisotopic (exact) mass is 284 g/mol. The van der Waals surface area contributed by atoms with Crippen LogP contribution in [0.5, 0.6) is 0 Å². The minimum absolute atomic E-state index is 0.0943. The molecular weight excluding hydrogens is 260 g/mol. The fraction of sp³-hybridized carbons (Fsp3) is 0.529. The molecule has 0 spiro atoms. The van der Waals surface area contributed by atoms with Gasteiger partial charge in [-0.2, -0.15) is 0 Å². The third kappa shape index (κ3) is 2.86. The highest BCUT2D eigenvalue weighted by Crippen LogP contribution is 2.42. The molecule has 1 aromatic carbocycles. The van der Waals surface area contributed by atoms with Crippen LogP contribution in [0.4, 0.5) is 0 Å². The zero-order valence-electron chi connectivity index (χ0n) is 12.7. The first-order valence-electron chi connectivity index (χ1n) is 7.87. The molecule has 0 amide bonds. The SMILES string of the molecule is Cn1cc(CC(N)C2(c3ccccc3)CCCCC2)nn1. The van der Waals surface area contributed by atoms with E-state index >= 15 is 0 Å². The molecule has 1 unspecified atom stereocenters. The second-order valence-electron chi connectivity index (χ2n) is 6.28. The number of benzene rings is 1. The van der Waals surface area contributed by atoms with Crippen molar-refractivity contribution in [1.82, 2.24) is 15.0 Å². The molecule has 21 heavy (non-hydrogen) atoms. The molecular formula is C17H24N4. The summed E-state index contributed by atoms with van der Waals surface area (Å²) in [5, 5.41) is 8.23. The molecule has 1 aromatic heterocycles. The molecule has 3 rings (SSSR count). The average Bonchev–Trinajstić information content (AvgIpc) is 2.94. The summed E-state index contributed by atoms with van der Waals surface area (Å²) < 4.78 is 1.75. The maximum absolute atomic E-state index is 6.68. The number of hydrogen-bond acceptors (Lipinski definition) is 3. The summed E-state index contributed by atoms with van der Waals surface area (Å²) in [5.74, 6) is 0. The van der Waals surface area contributed by atoms with Gasteiger partial charge in [0.2, 0.25) is 0 Å². The molecule has 0 aliphatic heterocycles. The van der Waals surface area contributed by atoms with Gasteiger partial charge in [-0.1, -0.05) is 54.8 Å². The molecule has 1 fully saturated rings. The number of nitrogens with two attached hydrogens (primary N) is 1. The highest BCUT2D eigenvalue weighted by Gasteiger charge is 2.39. The number of rotatable bonds is 4. The number of aromatic nitrogens is 3. The zero-order valence-corrected chi connectivity index (χ0v) is 12.7. The third-order valence-electron chi connectivity index (χ3n) is 4.88. The molecule has 1 saturated carbocycles. The molecule has 0 saturated heterocycles. The predicted molar refractivity (Wildman–Crippen MR) is 83.9 cm³/mol. The fourth-order valence-corrected chi connectivity index (χ4v) is 3.74. The van der Waals surface area contributed by atoms with Crippen LogP contribution in [0.15, 0.2) is 36.5 Å². The quantitative estimate of drug-likeness (QED) is 0.939. The van der Waals surface area contributed by atoms with Gasteiger partial charge < -0.3 is 5.73 Å². The van der Waals surface area contributed by atoms with Crippen LogP contribution >= 0.6 is 0 Å². The largest absolute Gasteiger partial charge is 0.327 e. The van der Waals surface area contributed by atoms with Crippen molar-refractivity contribution in [3.63, 3.8) is 0 Å². The molecule has 4 heteroatoms. The van der Waals surface area contributed by atoms with E-state index in [4.69, 9.17) is 5.73 Å². The molecule has 0 radical (unpaired) electrons. The van der Waals surface area contributed by atoms with Crippen LogP contribution in [-0.4, -0.2) is 21.0 Å². The number of hydrogen-bond donors (Lipinski definition) is 1. The van der Waals surface area contributed by atoms with E-state index in [-0.39, 0.29) is 11.5 Å². The molecule has 1 atom stereocenters. The summed E-state index contributed by atoms with van der Waals surface area (Å²) in [7, 11) is 1.90. The van der Waals surface area contributed by atoms with Crippen molar-refractivity contribution in [3.8, 4) is 0 Å². The van der Waals surface area contributed by atoms with Crippen LogP contribution in [0.3, 0.4) is 0 Å². The summed E-state index contributed by atoms with van der Waals surface area (Å²) in [6.07, 6.45) is 8.99. The van der Waals surface area contributed by atoms with Crippen LogP contribution in [0.2, 0.25) is 0 Å². The molecule has 2 aromatic rings. The number of nitrogens with zero attached hydrogens (tertiary/aromatic N) is 3. The van der Waals surface area contributed by atoms with Gasteiger partial charge >= 0.3 is 0 Å². The molecule has 1 aliphatic rings. The lowest BCUT2D eigenvalue weighted by atomic mass is 9.64. The Morgan fingerprint density at radius 2 is 1.90 bits per heavy atom. The Kier molecular flexibility index (Phi) is 4.06. The van der Waals surface area contributed by atoms with E-state index in [1.54, 1.807) is 4.68 Å². The Morgan fingerprint density at radius 3 is 2.52 bits per heavy atom. The first-order chi connectivity index (χ1) is 10.2. The van der Waals surface area contributed by atoms with Gasteiger partial charge in [0.1, 0.15) is 0 Å². The predicted octanol–water partition coefficient (Wildman–Crippen LogP) is 2.59. The second kappa shape index (κ2) is 5.98. The minimum Gasteiger partial charge on any atom is -0.327 e. The van der Waals surface area contributed by atoms with Crippen LogP contribution in [0.25, 0.3) is 0 Å². The van der Waals surface area contributed by atoms with Gasteiger partial charge in [-0.25, -0.2) is 0 Å². The molecule has 0 bridgehead atoms. The van der Waals surface area contributed by atoms with E-state index in [2.05, 4.69) is 40.6 Å². The van der Waals surface area contributed by atoms with Gasteiger partial charge in [-0.15, -0.1) is 5.10 Å². The lowest BCUT2D eigenvalue weighted by molar-refractivity contribution is 0.240. The molecule has 4 nitrogen and oxygen atoms in total. The Balaban J connectivity index is 1.88. The fourth-order valence-electron chi connectivity index (χ4n) is 3.74. The molecule has 1 heterocycles. The maximum atomic E-state index is 6.68. The summed E-state index contributed by atoms with van der Waals surface area (Å²) >= 11 is 0. The normalized spacial score (nSPS) is 19.3. The summed E-state index contributed by atoms with van der Waals surface area (Å²) in [4.78, 5) is 0. The van der Waals surface area contributed by atoms with E-state index in [0.29, 0.717) is 0 Å². The topological polar surface area (TPSA) is 56.7 Å². The van der Waals surface area contributed by atoms with Gasteiger partial charge in [-0.3, -0.25) is 4.68 Å². The Labute approximate surface area is 126 Å². The van der Waals surface area contributed by atoms with Crippen molar-refractivity contribution in [2.45, 2.75) is 50.0 Å². The van der Waals surface area contributed by atoms with E-state index in [9.17, 15) is 0 Å². The highest BCUT2D eigenvalue weighted by atomic mass is 15.4. The van der Waals surface area contributed by atoms with Crippen LogP contribution in [-0.2, 0) is 18.9 Å². The smallest absolute Gasteiger partial charge is 0.0842 e. The van der Waals surface area contributed by atoms with Crippen molar-refractivity contribution < 1.29 is 0 Å². The van der Waals surface area contributed by atoms with E-state index in [0.717, 1.165) is 12.1 Å². The summed E-state index contributed by atoms with van der Waals surface area (Å²) in [6, 6.07) is 10.9. The zero-order chi connectivity index (χ0) is 14.7. The standard InChI is InChI=1S/C17H24N4/c1-21-13-15(19-20-21)12-16(18)17(10-6-3-7-11-17)14-8-4-2-5-9-14/h2,4-5,8-9,13,16H,3,6-7,10-12,18H2,1H3. The molecule has 112 valence electrons. The highest BCUT2D eigenvalue weighted by molar-refractivity contribution is 5.29.